The van der Waals surface area contributed by atoms with Crippen LogP contribution < -0.4 is 5.32 Å². The van der Waals surface area contributed by atoms with E-state index in [1.54, 1.807) is 29.2 Å². The smallest absolute Gasteiger partial charge is 0.321 e. The number of rotatable bonds is 4. The van der Waals surface area contributed by atoms with E-state index in [9.17, 15) is 9.59 Å². The molecule has 1 N–H and O–H groups in total. The Morgan fingerprint density at radius 1 is 1.38 bits per heavy atom. The highest BCUT2D eigenvalue weighted by Gasteiger charge is 2.30. The van der Waals surface area contributed by atoms with Gasteiger partial charge in [0.1, 0.15) is 0 Å². The number of nitriles is 1. The van der Waals surface area contributed by atoms with Gasteiger partial charge in [0, 0.05) is 31.9 Å². The normalized spacial score (nSPS) is 17.0. The van der Waals surface area contributed by atoms with E-state index in [4.69, 9.17) is 5.26 Å². The van der Waals surface area contributed by atoms with E-state index in [1.165, 1.54) is 0 Å². The summed E-state index contributed by atoms with van der Waals surface area (Å²) < 4.78 is 0. The Kier molecular flexibility index (Phi) is 6.19. The second kappa shape index (κ2) is 8.34. The van der Waals surface area contributed by atoms with Crippen molar-refractivity contribution in [1.82, 2.24) is 9.80 Å². The Bertz CT molecular complexity index is 634. The van der Waals surface area contributed by atoms with E-state index < -0.39 is 0 Å². The molecule has 1 aliphatic heterocycles. The number of hydrogen-bond donors (Lipinski definition) is 1. The number of urea groups is 1. The SMILES string of the molecule is CCN(CC)C(=O)C1CCCN(C(=O)Nc2cccc(C#N)c2)C1. The van der Waals surface area contributed by atoms with Gasteiger partial charge in [-0.25, -0.2) is 4.79 Å². The zero-order chi connectivity index (χ0) is 17.5. The zero-order valence-electron chi connectivity index (χ0n) is 14.3. The van der Waals surface area contributed by atoms with Crippen LogP contribution in [0.25, 0.3) is 0 Å². The molecule has 1 heterocycles. The number of anilines is 1. The van der Waals surface area contributed by atoms with E-state index in [-0.39, 0.29) is 17.9 Å². The minimum atomic E-state index is -0.220. The number of likely N-dealkylation sites (tertiary alicyclic amines) is 1. The van der Waals surface area contributed by atoms with Crippen LogP contribution in [0, 0.1) is 17.2 Å². The second-order valence-corrected chi connectivity index (χ2v) is 5.92. The Labute approximate surface area is 143 Å². The topological polar surface area (TPSA) is 76.4 Å². The lowest BCUT2D eigenvalue weighted by atomic mass is 9.96. The molecule has 3 amide bonds. The van der Waals surface area contributed by atoms with Crippen molar-refractivity contribution in [2.24, 2.45) is 5.92 Å². The molecule has 6 heteroatoms. The van der Waals surface area contributed by atoms with Gasteiger partial charge in [-0.2, -0.15) is 5.26 Å². The minimum Gasteiger partial charge on any atom is -0.343 e. The molecule has 1 unspecified atom stereocenters. The van der Waals surface area contributed by atoms with Gasteiger partial charge in [-0.1, -0.05) is 6.07 Å². The van der Waals surface area contributed by atoms with Crippen molar-refractivity contribution in [3.63, 3.8) is 0 Å². The molecule has 0 bridgehead atoms. The van der Waals surface area contributed by atoms with Crippen molar-refractivity contribution >= 4 is 17.6 Å². The lowest BCUT2D eigenvalue weighted by Crippen LogP contribution is -2.47. The molecule has 2 rings (SSSR count). The third-order valence-corrected chi connectivity index (χ3v) is 4.38. The number of nitrogens with one attached hydrogen (secondary N) is 1. The van der Waals surface area contributed by atoms with Crippen LogP contribution in [-0.2, 0) is 4.79 Å². The van der Waals surface area contributed by atoms with E-state index in [0.29, 0.717) is 37.4 Å². The number of nitrogens with zero attached hydrogens (tertiary/aromatic N) is 3. The van der Waals surface area contributed by atoms with E-state index in [1.807, 2.05) is 18.7 Å². The summed E-state index contributed by atoms with van der Waals surface area (Å²) in [6, 6.07) is 8.65. The highest BCUT2D eigenvalue weighted by atomic mass is 16.2. The van der Waals surface area contributed by atoms with Crippen molar-refractivity contribution < 1.29 is 9.59 Å². The standard InChI is InChI=1S/C18H24N4O2/c1-3-21(4-2)17(23)15-8-6-10-22(13-15)18(24)20-16-9-5-7-14(11-16)12-19/h5,7,9,11,15H,3-4,6,8,10,13H2,1-2H3,(H,20,24). The number of carbonyl (C=O) groups is 2. The third-order valence-electron chi connectivity index (χ3n) is 4.38. The monoisotopic (exact) mass is 328 g/mol. The molecular weight excluding hydrogens is 304 g/mol. The summed E-state index contributed by atoms with van der Waals surface area (Å²) in [4.78, 5) is 28.5. The number of piperidine rings is 1. The molecule has 1 atom stereocenters. The van der Waals surface area contributed by atoms with Crippen LogP contribution in [0.3, 0.4) is 0 Å². The van der Waals surface area contributed by atoms with Gasteiger partial charge in [-0.05, 0) is 44.9 Å². The molecule has 1 aromatic carbocycles. The van der Waals surface area contributed by atoms with Gasteiger partial charge < -0.3 is 15.1 Å². The van der Waals surface area contributed by atoms with Gasteiger partial charge in [-0.3, -0.25) is 4.79 Å². The maximum absolute atomic E-state index is 12.5. The molecule has 0 aliphatic carbocycles. The van der Waals surface area contributed by atoms with Crippen LogP contribution >= 0.6 is 0 Å². The molecule has 0 aromatic heterocycles. The molecule has 1 fully saturated rings. The van der Waals surface area contributed by atoms with E-state index in [2.05, 4.69) is 11.4 Å². The first kappa shape index (κ1) is 17.8. The molecule has 6 nitrogen and oxygen atoms in total. The Morgan fingerprint density at radius 3 is 2.79 bits per heavy atom. The average molecular weight is 328 g/mol. The fourth-order valence-electron chi connectivity index (χ4n) is 3.03. The molecule has 1 aromatic rings. The van der Waals surface area contributed by atoms with Crippen LogP contribution in [0.5, 0.6) is 0 Å². The molecule has 24 heavy (non-hydrogen) atoms. The van der Waals surface area contributed by atoms with Gasteiger partial charge >= 0.3 is 6.03 Å². The molecule has 1 saturated heterocycles. The summed E-state index contributed by atoms with van der Waals surface area (Å²) in [7, 11) is 0. The number of amides is 3. The van der Waals surface area contributed by atoms with Crippen molar-refractivity contribution in [3.8, 4) is 6.07 Å². The number of benzene rings is 1. The maximum Gasteiger partial charge on any atom is 0.321 e. The van der Waals surface area contributed by atoms with Gasteiger partial charge in [0.2, 0.25) is 5.91 Å². The van der Waals surface area contributed by atoms with Crippen LogP contribution in [0.4, 0.5) is 10.5 Å². The predicted molar refractivity (Wildman–Crippen MR) is 92.4 cm³/mol. The first-order valence-electron chi connectivity index (χ1n) is 8.43. The largest absolute Gasteiger partial charge is 0.343 e. The first-order chi connectivity index (χ1) is 11.6. The summed E-state index contributed by atoms with van der Waals surface area (Å²) >= 11 is 0. The first-order valence-corrected chi connectivity index (χ1v) is 8.43. The molecular formula is C18H24N4O2. The van der Waals surface area contributed by atoms with Crippen LogP contribution in [-0.4, -0.2) is 47.9 Å². The molecule has 128 valence electrons. The lowest BCUT2D eigenvalue weighted by Gasteiger charge is -2.34. The third kappa shape index (κ3) is 4.25. The molecule has 0 saturated carbocycles. The molecule has 0 radical (unpaired) electrons. The zero-order valence-corrected chi connectivity index (χ0v) is 14.3. The highest BCUT2D eigenvalue weighted by molar-refractivity contribution is 5.90. The summed E-state index contributed by atoms with van der Waals surface area (Å²) in [5, 5.41) is 11.7. The fourth-order valence-corrected chi connectivity index (χ4v) is 3.03. The van der Waals surface area contributed by atoms with Gasteiger partial charge in [-0.15, -0.1) is 0 Å². The van der Waals surface area contributed by atoms with Crippen molar-refractivity contribution in [2.75, 3.05) is 31.5 Å². The van der Waals surface area contributed by atoms with Crippen molar-refractivity contribution in [2.45, 2.75) is 26.7 Å². The minimum absolute atomic E-state index is 0.129. The van der Waals surface area contributed by atoms with Crippen molar-refractivity contribution in [3.05, 3.63) is 29.8 Å². The predicted octanol–water partition coefficient (Wildman–Crippen LogP) is 2.67. The highest BCUT2D eigenvalue weighted by Crippen LogP contribution is 2.20. The molecule has 1 aliphatic rings. The summed E-state index contributed by atoms with van der Waals surface area (Å²) in [6.45, 7) is 6.41. The molecule has 0 spiro atoms. The van der Waals surface area contributed by atoms with E-state index in [0.717, 1.165) is 12.8 Å². The maximum atomic E-state index is 12.5. The number of carbonyl (C=O) groups excluding carboxylic acids is 2. The van der Waals surface area contributed by atoms with Crippen LogP contribution in [0.1, 0.15) is 32.3 Å². The lowest BCUT2D eigenvalue weighted by molar-refractivity contribution is -0.136. The van der Waals surface area contributed by atoms with Gasteiger partial charge in [0.15, 0.2) is 0 Å². The summed E-state index contributed by atoms with van der Waals surface area (Å²) in [5.41, 5.74) is 1.09. The van der Waals surface area contributed by atoms with Gasteiger partial charge in [0.05, 0.1) is 17.6 Å². The fraction of sp³-hybridized carbons (Fsp3) is 0.500. The van der Waals surface area contributed by atoms with Crippen LogP contribution in [0.2, 0.25) is 0 Å². The summed E-state index contributed by atoms with van der Waals surface area (Å²) in [5.74, 6) is -0.00109. The quantitative estimate of drug-likeness (QED) is 0.923. The Morgan fingerprint density at radius 2 is 2.12 bits per heavy atom. The van der Waals surface area contributed by atoms with Gasteiger partial charge in [0.25, 0.3) is 0 Å². The second-order valence-electron chi connectivity index (χ2n) is 5.92. The Hall–Kier alpha value is -2.55. The van der Waals surface area contributed by atoms with Crippen LogP contribution in [0.15, 0.2) is 24.3 Å². The Balaban J connectivity index is 1.99. The summed E-state index contributed by atoms with van der Waals surface area (Å²) in [6.07, 6.45) is 1.65. The van der Waals surface area contributed by atoms with Crippen molar-refractivity contribution in [1.29, 1.82) is 5.26 Å². The average Bonchev–Trinajstić information content (AvgIpc) is 2.63. The number of hydrogen-bond acceptors (Lipinski definition) is 3. The van der Waals surface area contributed by atoms with E-state index >= 15 is 0 Å².